The number of hydrogen-bond acceptors (Lipinski definition) is 5. The summed E-state index contributed by atoms with van der Waals surface area (Å²) < 4.78 is 18.4. The number of hydrogen-bond donors (Lipinski definition) is 1. The molecule has 0 bridgehead atoms. The zero-order valence-electron chi connectivity index (χ0n) is 18.3. The van der Waals surface area contributed by atoms with Gasteiger partial charge in [-0.1, -0.05) is 23.7 Å². The highest BCUT2D eigenvalue weighted by molar-refractivity contribution is 6.30. The number of rotatable bonds is 8. The van der Waals surface area contributed by atoms with Crippen LogP contribution in [0.15, 0.2) is 53.5 Å². The van der Waals surface area contributed by atoms with Gasteiger partial charge in [-0.25, -0.2) is 4.79 Å². The van der Waals surface area contributed by atoms with Crippen LogP contribution in [0.1, 0.15) is 33.9 Å². The fourth-order valence-electron chi connectivity index (χ4n) is 4.15. The number of carboxylic acids is 1. The molecule has 1 aromatic heterocycles. The molecule has 0 spiro atoms. The Bertz CT molecular complexity index is 1250. The highest BCUT2D eigenvalue weighted by Gasteiger charge is 2.29. The van der Waals surface area contributed by atoms with Crippen LogP contribution in [0.3, 0.4) is 0 Å². The van der Waals surface area contributed by atoms with Crippen LogP contribution in [-0.2, 0) is 11.2 Å². The Labute approximate surface area is 196 Å². The Balaban J connectivity index is 1.86. The van der Waals surface area contributed by atoms with Crippen molar-refractivity contribution in [3.8, 4) is 22.8 Å². The van der Waals surface area contributed by atoms with Crippen molar-refractivity contribution in [3.05, 3.63) is 80.6 Å². The Morgan fingerprint density at radius 2 is 1.97 bits per heavy atom. The van der Waals surface area contributed by atoms with Gasteiger partial charge in [-0.15, -0.1) is 0 Å². The summed E-state index contributed by atoms with van der Waals surface area (Å²) in [6.45, 7) is 1.06. The Hall–Kier alpha value is -3.29. The zero-order chi connectivity index (χ0) is 23.5. The topological polar surface area (TPSA) is 87.0 Å². The number of methoxy groups -OCH3 is 2. The predicted molar refractivity (Wildman–Crippen MR) is 125 cm³/mol. The van der Waals surface area contributed by atoms with E-state index in [-0.39, 0.29) is 11.6 Å². The second kappa shape index (κ2) is 9.68. The number of fused-ring (bicyclic) bond motifs is 3. The minimum Gasteiger partial charge on any atom is -0.493 e. The summed E-state index contributed by atoms with van der Waals surface area (Å²) in [7, 11) is 3.20. The standard InChI is InChI=1S/C25H24ClNO6/c1-31-7-4-8-33-24-11-16-10-20(15-5-3-6-17(26)9-15)27-14-19(25(29)30)22(28)13-21(27)18(16)12-23(24)32-2/h3,5-6,9,11-14,20H,4,7-8,10H2,1-2H3,(H,29,30). The second-order valence-electron chi connectivity index (χ2n) is 7.78. The number of ether oxygens (including phenoxy) is 3. The smallest absolute Gasteiger partial charge is 0.341 e. The van der Waals surface area contributed by atoms with Crippen molar-refractivity contribution < 1.29 is 24.1 Å². The van der Waals surface area contributed by atoms with E-state index in [9.17, 15) is 14.7 Å². The van der Waals surface area contributed by atoms with Gasteiger partial charge in [0.05, 0.1) is 25.5 Å². The molecular weight excluding hydrogens is 446 g/mol. The fraction of sp³-hybridized carbons (Fsp3) is 0.280. The van der Waals surface area contributed by atoms with Gasteiger partial charge in [0.2, 0.25) is 0 Å². The first-order valence-corrected chi connectivity index (χ1v) is 10.9. The molecule has 4 rings (SSSR count). The van der Waals surface area contributed by atoms with Crippen molar-refractivity contribution in [2.24, 2.45) is 0 Å². The van der Waals surface area contributed by atoms with Crippen LogP contribution < -0.4 is 14.9 Å². The molecule has 0 saturated carbocycles. The molecule has 7 nitrogen and oxygen atoms in total. The van der Waals surface area contributed by atoms with E-state index in [0.717, 1.165) is 23.1 Å². The van der Waals surface area contributed by atoms with Crippen LogP contribution in [0.25, 0.3) is 11.3 Å². The third kappa shape index (κ3) is 4.60. The molecule has 1 aliphatic rings. The molecule has 1 atom stereocenters. The van der Waals surface area contributed by atoms with E-state index in [1.54, 1.807) is 20.3 Å². The van der Waals surface area contributed by atoms with Crippen LogP contribution in [-0.4, -0.2) is 43.1 Å². The Morgan fingerprint density at radius 3 is 2.67 bits per heavy atom. The van der Waals surface area contributed by atoms with Crippen LogP contribution in [0.2, 0.25) is 5.02 Å². The van der Waals surface area contributed by atoms with Gasteiger partial charge >= 0.3 is 5.97 Å². The summed E-state index contributed by atoms with van der Waals surface area (Å²) in [4.78, 5) is 24.2. The average Bonchev–Trinajstić information content (AvgIpc) is 2.80. The molecule has 8 heteroatoms. The van der Waals surface area contributed by atoms with E-state index in [2.05, 4.69) is 0 Å². The highest BCUT2D eigenvalue weighted by atomic mass is 35.5. The first kappa shape index (κ1) is 22.9. The normalized spacial score (nSPS) is 14.3. The van der Waals surface area contributed by atoms with E-state index in [0.29, 0.717) is 41.9 Å². The largest absolute Gasteiger partial charge is 0.493 e. The molecule has 0 fully saturated rings. The Morgan fingerprint density at radius 1 is 1.15 bits per heavy atom. The lowest BCUT2D eigenvalue weighted by Crippen LogP contribution is -2.26. The summed E-state index contributed by atoms with van der Waals surface area (Å²) in [6.07, 6.45) is 2.71. The molecular formula is C25H24ClNO6. The van der Waals surface area contributed by atoms with Gasteiger partial charge < -0.3 is 23.9 Å². The van der Waals surface area contributed by atoms with Crippen molar-refractivity contribution in [1.82, 2.24) is 4.57 Å². The number of aromatic nitrogens is 1. The van der Waals surface area contributed by atoms with Gasteiger partial charge in [0.15, 0.2) is 16.9 Å². The van der Waals surface area contributed by atoms with E-state index in [1.165, 1.54) is 12.3 Å². The van der Waals surface area contributed by atoms with Crippen LogP contribution >= 0.6 is 11.6 Å². The molecule has 172 valence electrons. The molecule has 0 saturated heterocycles. The van der Waals surface area contributed by atoms with Gasteiger partial charge in [0, 0.05) is 43.0 Å². The lowest BCUT2D eigenvalue weighted by Gasteiger charge is -2.32. The van der Waals surface area contributed by atoms with Gasteiger partial charge in [-0.3, -0.25) is 4.79 Å². The monoisotopic (exact) mass is 469 g/mol. The first-order valence-electron chi connectivity index (χ1n) is 10.5. The van der Waals surface area contributed by atoms with Gasteiger partial charge in [0.1, 0.15) is 5.56 Å². The Kier molecular flexibility index (Phi) is 6.72. The van der Waals surface area contributed by atoms with Gasteiger partial charge in [-0.2, -0.15) is 0 Å². The number of carboxylic acid groups (broad SMARTS) is 1. The third-order valence-electron chi connectivity index (χ3n) is 5.71. The molecule has 33 heavy (non-hydrogen) atoms. The van der Waals surface area contributed by atoms with Crippen molar-refractivity contribution in [2.45, 2.75) is 18.9 Å². The number of carbonyl (C=O) groups is 1. The molecule has 1 aliphatic heterocycles. The average molecular weight is 470 g/mol. The third-order valence-corrected chi connectivity index (χ3v) is 5.94. The summed E-state index contributed by atoms with van der Waals surface area (Å²) in [6, 6.07) is 12.3. The quantitative estimate of drug-likeness (QED) is 0.491. The van der Waals surface area contributed by atoms with E-state index in [1.807, 2.05) is 34.9 Å². The highest BCUT2D eigenvalue weighted by Crippen LogP contribution is 2.43. The zero-order valence-corrected chi connectivity index (χ0v) is 19.1. The number of aromatic carboxylic acids is 1. The van der Waals surface area contributed by atoms with E-state index >= 15 is 0 Å². The number of halogens is 1. The first-order chi connectivity index (χ1) is 15.9. The SMILES string of the molecule is COCCCOc1cc2c(cc1OC)-c1cc(=O)c(C(=O)O)cn1C(c1cccc(Cl)c1)C2. The molecule has 2 heterocycles. The summed E-state index contributed by atoms with van der Waals surface area (Å²) in [5, 5.41) is 10.1. The maximum atomic E-state index is 12.6. The maximum absolute atomic E-state index is 12.6. The minimum absolute atomic E-state index is 0.250. The molecule has 1 N–H and O–H groups in total. The van der Waals surface area contributed by atoms with E-state index < -0.39 is 11.4 Å². The second-order valence-corrected chi connectivity index (χ2v) is 8.22. The molecule has 0 amide bonds. The van der Waals surface area contributed by atoms with Crippen molar-refractivity contribution >= 4 is 17.6 Å². The molecule has 1 unspecified atom stereocenters. The fourth-order valence-corrected chi connectivity index (χ4v) is 4.35. The van der Waals surface area contributed by atoms with Crippen LogP contribution in [0.5, 0.6) is 11.5 Å². The number of pyridine rings is 1. The maximum Gasteiger partial charge on any atom is 0.341 e. The summed E-state index contributed by atoms with van der Waals surface area (Å²) in [5.41, 5.74) is 2.45. The number of nitrogens with zero attached hydrogens (tertiary/aromatic N) is 1. The molecule has 0 radical (unpaired) electrons. The summed E-state index contributed by atoms with van der Waals surface area (Å²) in [5.74, 6) is -0.118. The lowest BCUT2D eigenvalue weighted by molar-refractivity contribution is 0.0694. The molecule has 0 aliphatic carbocycles. The molecule has 2 aromatic carbocycles. The minimum atomic E-state index is -1.26. The lowest BCUT2D eigenvalue weighted by atomic mass is 9.88. The van der Waals surface area contributed by atoms with Crippen molar-refractivity contribution in [2.75, 3.05) is 27.4 Å². The van der Waals surface area contributed by atoms with Crippen molar-refractivity contribution in [3.63, 3.8) is 0 Å². The van der Waals surface area contributed by atoms with Gasteiger partial charge in [0.25, 0.3) is 0 Å². The van der Waals surface area contributed by atoms with Crippen molar-refractivity contribution in [1.29, 1.82) is 0 Å². The van der Waals surface area contributed by atoms with Crippen LogP contribution in [0.4, 0.5) is 0 Å². The molecule has 3 aromatic rings. The van der Waals surface area contributed by atoms with E-state index in [4.69, 9.17) is 25.8 Å². The number of benzene rings is 2. The van der Waals surface area contributed by atoms with Crippen LogP contribution in [0, 0.1) is 0 Å². The summed E-state index contributed by atoms with van der Waals surface area (Å²) >= 11 is 6.25. The predicted octanol–water partition coefficient (Wildman–Crippen LogP) is 4.44. The van der Waals surface area contributed by atoms with Gasteiger partial charge in [-0.05, 0) is 41.8 Å².